The summed E-state index contributed by atoms with van der Waals surface area (Å²) < 4.78 is 0. The van der Waals surface area contributed by atoms with Gasteiger partial charge in [0.2, 0.25) is 0 Å². The standard InChI is InChI=1S/C25H50N2O/c1-20(2)26-18-14-25(28,15-19-26)23(6,7)12-13-24(8,9)27-16-10-21(11-17-27)22(3,4)5/h20-21,28H,10-19H2,1-9H3. The zero-order valence-corrected chi connectivity index (χ0v) is 20.6. The van der Waals surface area contributed by atoms with Gasteiger partial charge in [0.05, 0.1) is 5.60 Å². The van der Waals surface area contributed by atoms with Crippen molar-refractivity contribution in [1.82, 2.24) is 9.80 Å². The predicted octanol–water partition coefficient (Wildman–Crippen LogP) is 5.56. The predicted molar refractivity (Wildman–Crippen MR) is 122 cm³/mol. The first-order valence-electron chi connectivity index (χ1n) is 11.9. The van der Waals surface area contributed by atoms with Gasteiger partial charge in [-0.15, -0.1) is 0 Å². The second kappa shape index (κ2) is 8.55. The first kappa shape index (κ1) is 24.2. The van der Waals surface area contributed by atoms with E-state index in [2.05, 4.69) is 72.1 Å². The van der Waals surface area contributed by atoms with Gasteiger partial charge in [0, 0.05) is 24.7 Å². The summed E-state index contributed by atoms with van der Waals surface area (Å²) in [4.78, 5) is 5.23. The van der Waals surface area contributed by atoms with Crippen molar-refractivity contribution in [3.05, 3.63) is 0 Å². The number of likely N-dealkylation sites (tertiary alicyclic amines) is 2. The second-order valence-corrected chi connectivity index (χ2v) is 12.5. The summed E-state index contributed by atoms with van der Waals surface area (Å²) in [6.07, 6.45) is 6.73. The molecule has 3 nitrogen and oxygen atoms in total. The smallest absolute Gasteiger partial charge is 0.0722 e. The Balaban J connectivity index is 1.91. The lowest BCUT2D eigenvalue weighted by Gasteiger charge is -2.51. The summed E-state index contributed by atoms with van der Waals surface area (Å²) in [5, 5.41) is 11.5. The summed E-state index contributed by atoms with van der Waals surface area (Å²) in [7, 11) is 0. The Kier molecular flexibility index (Phi) is 7.38. The van der Waals surface area contributed by atoms with Gasteiger partial charge < -0.3 is 10.0 Å². The van der Waals surface area contributed by atoms with E-state index in [1.54, 1.807) is 0 Å². The monoisotopic (exact) mass is 394 g/mol. The number of hydrogen-bond donors (Lipinski definition) is 1. The van der Waals surface area contributed by atoms with Crippen LogP contribution in [-0.4, -0.2) is 58.3 Å². The van der Waals surface area contributed by atoms with Crippen LogP contribution in [-0.2, 0) is 0 Å². The van der Waals surface area contributed by atoms with Gasteiger partial charge >= 0.3 is 0 Å². The summed E-state index contributed by atoms with van der Waals surface area (Å²) in [6.45, 7) is 25.7. The Hall–Kier alpha value is -0.120. The van der Waals surface area contributed by atoms with E-state index in [4.69, 9.17) is 0 Å². The zero-order valence-electron chi connectivity index (χ0n) is 20.6. The summed E-state index contributed by atoms with van der Waals surface area (Å²) >= 11 is 0. The number of rotatable bonds is 6. The zero-order chi connectivity index (χ0) is 21.4. The number of aliphatic hydroxyl groups is 1. The maximum Gasteiger partial charge on any atom is 0.0722 e. The number of nitrogens with zero attached hydrogens (tertiary/aromatic N) is 2. The van der Waals surface area contributed by atoms with Crippen molar-refractivity contribution in [3.8, 4) is 0 Å². The third-order valence-corrected chi connectivity index (χ3v) is 8.55. The lowest BCUT2D eigenvalue weighted by atomic mass is 9.66. The molecule has 2 rings (SSSR count). The van der Waals surface area contributed by atoms with E-state index >= 15 is 0 Å². The Morgan fingerprint density at radius 1 is 0.857 bits per heavy atom. The average molecular weight is 395 g/mol. The molecule has 0 amide bonds. The van der Waals surface area contributed by atoms with E-state index in [1.807, 2.05) is 0 Å². The molecule has 2 aliphatic rings. The summed E-state index contributed by atoms with van der Waals surface area (Å²) in [6, 6.07) is 0.586. The van der Waals surface area contributed by atoms with E-state index < -0.39 is 5.60 Å². The van der Waals surface area contributed by atoms with Gasteiger partial charge in [-0.1, -0.05) is 34.6 Å². The first-order chi connectivity index (χ1) is 12.7. The molecule has 28 heavy (non-hydrogen) atoms. The molecule has 0 aromatic heterocycles. The highest BCUT2D eigenvalue weighted by Crippen LogP contribution is 2.45. The molecule has 2 saturated heterocycles. The van der Waals surface area contributed by atoms with Crippen LogP contribution in [0.1, 0.15) is 101 Å². The quantitative estimate of drug-likeness (QED) is 0.638. The third kappa shape index (κ3) is 5.52. The molecule has 0 atom stereocenters. The molecule has 1 N–H and O–H groups in total. The molecule has 2 aliphatic heterocycles. The summed E-state index contributed by atoms with van der Waals surface area (Å²) in [5.41, 5.74) is 0.103. The fourth-order valence-electron chi connectivity index (χ4n) is 5.45. The van der Waals surface area contributed by atoms with Crippen molar-refractivity contribution in [2.75, 3.05) is 26.2 Å². The Morgan fingerprint density at radius 3 is 1.79 bits per heavy atom. The molecule has 0 aromatic rings. The fourth-order valence-corrected chi connectivity index (χ4v) is 5.45. The van der Waals surface area contributed by atoms with Crippen LogP contribution in [0.4, 0.5) is 0 Å². The molecule has 0 radical (unpaired) electrons. The van der Waals surface area contributed by atoms with Crippen LogP contribution in [0.25, 0.3) is 0 Å². The van der Waals surface area contributed by atoms with Crippen molar-refractivity contribution in [1.29, 1.82) is 0 Å². The van der Waals surface area contributed by atoms with Gasteiger partial charge in [0.25, 0.3) is 0 Å². The van der Waals surface area contributed by atoms with Crippen LogP contribution in [0, 0.1) is 16.7 Å². The van der Waals surface area contributed by atoms with Crippen LogP contribution in [0.15, 0.2) is 0 Å². The van der Waals surface area contributed by atoms with Crippen LogP contribution in [0.3, 0.4) is 0 Å². The third-order valence-electron chi connectivity index (χ3n) is 8.55. The van der Waals surface area contributed by atoms with E-state index in [9.17, 15) is 5.11 Å². The van der Waals surface area contributed by atoms with Crippen LogP contribution in [0.5, 0.6) is 0 Å². The highest BCUT2D eigenvalue weighted by Gasteiger charge is 2.46. The minimum absolute atomic E-state index is 0.0307. The lowest BCUT2D eigenvalue weighted by molar-refractivity contribution is -0.117. The molecular weight excluding hydrogens is 344 g/mol. The van der Waals surface area contributed by atoms with Crippen molar-refractivity contribution < 1.29 is 5.11 Å². The molecule has 0 aliphatic carbocycles. The first-order valence-corrected chi connectivity index (χ1v) is 11.9. The maximum atomic E-state index is 11.5. The van der Waals surface area contributed by atoms with Gasteiger partial charge in [-0.25, -0.2) is 0 Å². The van der Waals surface area contributed by atoms with E-state index in [0.29, 0.717) is 11.5 Å². The molecule has 0 spiro atoms. The molecule has 0 aromatic carbocycles. The minimum Gasteiger partial charge on any atom is -0.389 e. The fraction of sp³-hybridized carbons (Fsp3) is 1.00. The maximum absolute atomic E-state index is 11.5. The summed E-state index contributed by atoms with van der Waals surface area (Å²) in [5.74, 6) is 0.850. The minimum atomic E-state index is -0.520. The van der Waals surface area contributed by atoms with Crippen molar-refractivity contribution in [3.63, 3.8) is 0 Å². The van der Waals surface area contributed by atoms with E-state index in [0.717, 1.165) is 44.7 Å². The van der Waals surface area contributed by atoms with Crippen LogP contribution >= 0.6 is 0 Å². The molecule has 0 saturated carbocycles. The number of hydrogen-bond acceptors (Lipinski definition) is 3. The van der Waals surface area contributed by atoms with Crippen molar-refractivity contribution >= 4 is 0 Å². The molecule has 0 unspecified atom stereocenters. The largest absolute Gasteiger partial charge is 0.389 e. The SMILES string of the molecule is CC(C)N1CCC(O)(C(C)(C)CCC(C)(C)N2CCC(C(C)(C)C)CC2)CC1. The van der Waals surface area contributed by atoms with Crippen molar-refractivity contribution in [2.45, 2.75) is 118 Å². The van der Waals surface area contributed by atoms with Gasteiger partial charge in [-0.2, -0.15) is 0 Å². The molecule has 166 valence electrons. The normalized spacial score (nSPS) is 24.1. The average Bonchev–Trinajstić information content (AvgIpc) is 2.60. The highest BCUT2D eigenvalue weighted by molar-refractivity contribution is 4.99. The van der Waals surface area contributed by atoms with Crippen LogP contribution in [0.2, 0.25) is 0 Å². The molecule has 3 heteroatoms. The van der Waals surface area contributed by atoms with Gasteiger partial charge in [-0.3, -0.25) is 4.90 Å². The Morgan fingerprint density at radius 2 is 1.36 bits per heavy atom. The van der Waals surface area contributed by atoms with E-state index in [1.165, 1.54) is 25.9 Å². The van der Waals surface area contributed by atoms with Gasteiger partial charge in [0.1, 0.15) is 0 Å². The molecular formula is C25H50N2O. The van der Waals surface area contributed by atoms with Crippen LogP contribution < -0.4 is 0 Å². The van der Waals surface area contributed by atoms with E-state index in [-0.39, 0.29) is 11.0 Å². The Labute approximate surface area is 176 Å². The van der Waals surface area contributed by atoms with Crippen molar-refractivity contribution in [2.24, 2.45) is 16.7 Å². The van der Waals surface area contributed by atoms with Gasteiger partial charge in [0.15, 0.2) is 0 Å². The lowest BCUT2D eigenvalue weighted by Crippen LogP contribution is -2.55. The number of piperidine rings is 2. The van der Waals surface area contributed by atoms with Gasteiger partial charge in [-0.05, 0) is 96.1 Å². The molecule has 2 heterocycles. The molecule has 0 bridgehead atoms. The second-order valence-electron chi connectivity index (χ2n) is 12.5. The highest BCUT2D eigenvalue weighted by atomic mass is 16.3. The Bertz CT molecular complexity index is 487. The topological polar surface area (TPSA) is 26.7 Å². The molecule has 2 fully saturated rings.